The summed E-state index contributed by atoms with van der Waals surface area (Å²) in [6, 6.07) is 8.56. The van der Waals surface area contributed by atoms with Crippen LogP contribution < -0.4 is 4.74 Å². The van der Waals surface area contributed by atoms with E-state index in [9.17, 15) is 0 Å². The predicted molar refractivity (Wildman–Crippen MR) is 116 cm³/mol. The molecule has 0 aromatic heterocycles. The van der Waals surface area contributed by atoms with E-state index in [0.29, 0.717) is 6.61 Å². The minimum atomic E-state index is -0.0422. The molecular weight excluding hydrogens is 332 g/mol. The maximum atomic E-state index is 5.86. The number of unbranched alkanes of at least 4 members (excludes halogenated alkanes) is 9. The molecule has 0 saturated carbocycles. The summed E-state index contributed by atoms with van der Waals surface area (Å²) in [6.07, 6.45) is 20.6. The number of rotatable bonds is 16. The van der Waals surface area contributed by atoms with Crippen LogP contribution in [0.3, 0.4) is 0 Å². The van der Waals surface area contributed by atoms with Gasteiger partial charge < -0.3 is 9.47 Å². The van der Waals surface area contributed by atoms with E-state index in [-0.39, 0.29) is 5.60 Å². The van der Waals surface area contributed by atoms with Gasteiger partial charge in [-0.2, -0.15) is 0 Å². The van der Waals surface area contributed by atoms with Gasteiger partial charge in [-0.25, -0.2) is 0 Å². The zero-order valence-corrected chi connectivity index (χ0v) is 17.7. The van der Waals surface area contributed by atoms with E-state index in [4.69, 9.17) is 9.47 Å². The van der Waals surface area contributed by atoms with Gasteiger partial charge in [0.1, 0.15) is 18.0 Å². The summed E-state index contributed by atoms with van der Waals surface area (Å²) in [5, 5.41) is 0. The molecule has 1 aromatic carbocycles. The van der Waals surface area contributed by atoms with Crippen LogP contribution in [-0.4, -0.2) is 18.8 Å². The Morgan fingerprint density at radius 3 is 2.30 bits per heavy atom. The molecule has 0 spiro atoms. The van der Waals surface area contributed by atoms with E-state index in [1.807, 2.05) is 6.07 Å². The Morgan fingerprint density at radius 2 is 1.63 bits per heavy atom. The summed E-state index contributed by atoms with van der Waals surface area (Å²) in [5.41, 5.74) is 1.34. The number of benzene rings is 1. The van der Waals surface area contributed by atoms with Gasteiger partial charge in [0.15, 0.2) is 0 Å². The first-order valence-electron chi connectivity index (χ1n) is 11.2. The Morgan fingerprint density at radius 1 is 0.963 bits per heavy atom. The van der Waals surface area contributed by atoms with Crippen LogP contribution in [0.25, 0.3) is 0 Å². The topological polar surface area (TPSA) is 21.8 Å². The second kappa shape index (κ2) is 13.0. The number of epoxide rings is 1. The summed E-state index contributed by atoms with van der Waals surface area (Å²) in [4.78, 5) is 0. The highest BCUT2D eigenvalue weighted by molar-refractivity contribution is 5.28. The molecule has 0 bridgehead atoms. The number of allylic oxidation sites excluding steroid dienone is 2. The van der Waals surface area contributed by atoms with Gasteiger partial charge in [-0.1, -0.05) is 69.7 Å². The van der Waals surface area contributed by atoms with E-state index < -0.39 is 0 Å². The van der Waals surface area contributed by atoms with Crippen LogP contribution in [0.5, 0.6) is 5.75 Å². The molecule has 1 unspecified atom stereocenters. The first kappa shape index (κ1) is 22.0. The van der Waals surface area contributed by atoms with E-state index in [0.717, 1.165) is 18.8 Å². The van der Waals surface area contributed by atoms with Crippen molar-refractivity contribution in [2.45, 2.75) is 96.5 Å². The van der Waals surface area contributed by atoms with Gasteiger partial charge >= 0.3 is 0 Å². The number of hydrogen-bond donors (Lipinski definition) is 0. The molecule has 152 valence electrons. The fourth-order valence-corrected chi connectivity index (χ4v) is 3.28. The van der Waals surface area contributed by atoms with Gasteiger partial charge in [-0.3, -0.25) is 0 Å². The Balaban J connectivity index is 1.44. The SMILES string of the molecule is CCCCCCC/C=C/CCCCCCc1cccc(OCC2(C)CO2)c1. The van der Waals surface area contributed by atoms with Gasteiger partial charge in [-0.05, 0) is 63.1 Å². The fraction of sp³-hybridized carbons (Fsp3) is 0.680. The first-order chi connectivity index (χ1) is 13.2. The standard InChI is InChI=1S/C25H40O2/c1-3-4-5-6-7-8-9-10-11-12-13-14-15-17-23-18-16-19-24(20-23)26-21-25(2)22-27-25/h9-10,16,18-20H,3-8,11-15,17,21-22H2,1-2H3/b10-9+. The van der Waals surface area contributed by atoms with Crippen LogP contribution in [0, 0.1) is 0 Å². The molecule has 0 radical (unpaired) electrons. The fourth-order valence-electron chi connectivity index (χ4n) is 3.28. The van der Waals surface area contributed by atoms with E-state index in [1.54, 1.807) is 0 Å². The Bertz CT molecular complexity index is 531. The average molecular weight is 373 g/mol. The highest BCUT2D eigenvalue weighted by Gasteiger charge is 2.40. The second-order valence-electron chi connectivity index (χ2n) is 8.30. The maximum Gasteiger partial charge on any atom is 0.123 e. The molecule has 1 atom stereocenters. The van der Waals surface area contributed by atoms with Crippen molar-refractivity contribution in [3.05, 3.63) is 42.0 Å². The third-order valence-corrected chi connectivity index (χ3v) is 5.31. The first-order valence-corrected chi connectivity index (χ1v) is 11.2. The van der Waals surface area contributed by atoms with Crippen molar-refractivity contribution < 1.29 is 9.47 Å². The Kier molecular flexibility index (Phi) is 10.6. The highest BCUT2D eigenvalue weighted by Crippen LogP contribution is 2.27. The molecule has 27 heavy (non-hydrogen) atoms. The van der Waals surface area contributed by atoms with Crippen LogP contribution >= 0.6 is 0 Å². The van der Waals surface area contributed by atoms with Gasteiger partial charge in [0.05, 0.1) is 6.61 Å². The van der Waals surface area contributed by atoms with Crippen molar-refractivity contribution >= 4 is 0 Å². The molecule has 1 aliphatic heterocycles. The zero-order chi connectivity index (χ0) is 19.2. The highest BCUT2D eigenvalue weighted by atomic mass is 16.6. The zero-order valence-electron chi connectivity index (χ0n) is 17.7. The lowest BCUT2D eigenvalue weighted by molar-refractivity contribution is 0.202. The quantitative estimate of drug-likeness (QED) is 0.173. The van der Waals surface area contributed by atoms with Gasteiger partial charge in [0.2, 0.25) is 0 Å². The molecule has 0 N–H and O–H groups in total. The monoisotopic (exact) mass is 372 g/mol. The molecule has 2 heteroatoms. The minimum absolute atomic E-state index is 0.0422. The van der Waals surface area contributed by atoms with Crippen LogP contribution in [0.1, 0.15) is 90.0 Å². The van der Waals surface area contributed by atoms with Crippen molar-refractivity contribution in [2.75, 3.05) is 13.2 Å². The van der Waals surface area contributed by atoms with Crippen LogP contribution in [0.4, 0.5) is 0 Å². The van der Waals surface area contributed by atoms with Gasteiger partial charge in [0, 0.05) is 0 Å². The normalized spacial score (nSPS) is 18.9. The lowest BCUT2D eigenvalue weighted by atomic mass is 10.0. The van der Waals surface area contributed by atoms with Crippen molar-refractivity contribution in [2.24, 2.45) is 0 Å². The van der Waals surface area contributed by atoms with Crippen molar-refractivity contribution in [3.8, 4) is 5.75 Å². The molecule has 1 aliphatic rings. The van der Waals surface area contributed by atoms with Crippen LogP contribution in [0.15, 0.2) is 36.4 Å². The van der Waals surface area contributed by atoms with E-state index in [1.165, 1.54) is 76.2 Å². The molecular formula is C25H40O2. The van der Waals surface area contributed by atoms with Crippen molar-refractivity contribution in [3.63, 3.8) is 0 Å². The number of ether oxygens (including phenoxy) is 2. The molecule has 0 amide bonds. The number of hydrogen-bond acceptors (Lipinski definition) is 2. The van der Waals surface area contributed by atoms with Crippen molar-refractivity contribution in [1.82, 2.24) is 0 Å². The molecule has 0 aliphatic carbocycles. The summed E-state index contributed by atoms with van der Waals surface area (Å²) in [6.45, 7) is 5.85. The van der Waals surface area contributed by atoms with Gasteiger partial charge in [0.25, 0.3) is 0 Å². The molecule has 1 saturated heterocycles. The molecule has 1 aromatic rings. The molecule has 1 fully saturated rings. The summed E-state index contributed by atoms with van der Waals surface area (Å²) < 4.78 is 11.2. The van der Waals surface area contributed by atoms with Crippen molar-refractivity contribution in [1.29, 1.82) is 0 Å². The number of aryl methyl sites for hydroxylation is 1. The average Bonchev–Trinajstić information content (AvgIpc) is 3.42. The lowest BCUT2D eigenvalue weighted by Crippen LogP contribution is -2.16. The van der Waals surface area contributed by atoms with E-state index >= 15 is 0 Å². The van der Waals surface area contributed by atoms with Crippen LogP contribution in [0.2, 0.25) is 0 Å². The minimum Gasteiger partial charge on any atom is -0.490 e. The third-order valence-electron chi connectivity index (χ3n) is 5.31. The maximum absolute atomic E-state index is 5.86. The smallest absolute Gasteiger partial charge is 0.123 e. The van der Waals surface area contributed by atoms with E-state index in [2.05, 4.69) is 44.2 Å². The second-order valence-corrected chi connectivity index (χ2v) is 8.30. The predicted octanol–water partition coefficient (Wildman–Crippen LogP) is 7.26. The van der Waals surface area contributed by atoms with Gasteiger partial charge in [-0.15, -0.1) is 0 Å². The van der Waals surface area contributed by atoms with Crippen LogP contribution in [-0.2, 0) is 11.2 Å². The molecule has 1 heterocycles. The lowest BCUT2D eigenvalue weighted by Gasteiger charge is -2.10. The Labute approximate surface area is 167 Å². The summed E-state index contributed by atoms with van der Waals surface area (Å²) in [5.74, 6) is 0.976. The molecule has 2 nitrogen and oxygen atoms in total. The largest absolute Gasteiger partial charge is 0.490 e. The third kappa shape index (κ3) is 10.6. The summed E-state index contributed by atoms with van der Waals surface area (Å²) >= 11 is 0. The Hall–Kier alpha value is -1.28. The summed E-state index contributed by atoms with van der Waals surface area (Å²) in [7, 11) is 0. The molecule has 2 rings (SSSR count).